The molecule has 0 aliphatic carbocycles. The molecule has 5 heteroatoms. The Morgan fingerprint density at radius 1 is 1.44 bits per heavy atom. The minimum Gasteiger partial charge on any atom is -0.515 e. The predicted molar refractivity (Wildman–Crippen MR) is 63.6 cm³/mol. The number of aliphatic hydroxyl groups is 1. The second-order valence-electron chi connectivity index (χ2n) is 3.74. The largest absolute Gasteiger partial charge is 0.515 e. The summed E-state index contributed by atoms with van der Waals surface area (Å²) in [6.07, 6.45) is 1.06. The van der Waals surface area contributed by atoms with Gasteiger partial charge in [0.15, 0.2) is 11.5 Å². The van der Waals surface area contributed by atoms with E-state index in [1.54, 1.807) is 19.1 Å². The molecule has 2 rings (SSSR count). The van der Waals surface area contributed by atoms with E-state index in [1.807, 2.05) is 6.07 Å². The van der Waals surface area contributed by atoms with Crippen molar-refractivity contribution in [3.8, 4) is 11.5 Å². The number of fused-ring (bicyclic) bond motifs is 1. The molecule has 5 nitrogen and oxygen atoms in total. The molecule has 18 heavy (non-hydrogen) atoms. The van der Waals surface area contributed by atoms with Gasteiger partial charge in [0.05, 0.1) is 18.4 Å². The van der Waals surface area contributed by atoms with Crippen LogP contribution in [0.25, 0.3) is 0 Å². The van der Waals surface area contributed by atoms with Crippen molar-refractivity contribution in [2.45, 2.75) is 13.3 Å². The first kappa shape index (κ1) is 12.3. The van der Waals surface area contributed by atoms with Crippen LogP contribution in [0.1, 0.15) is 12.5 Å². The van der Waals surface area contributed by atoms with Gasteiger partial charge in [-0.05, 0) is 24.6 Å². The van der Waals surface area contributed by atoms with Gasteiger partial charge in [-0.1, -0.05) is 6.07 Å². The second-order valence-corrected chi connectivity index (χ2v) is 3.74. The third kappa shape index (κ3) is 2.56. The van der Waals surface area contributed by atoms with Crippen LogP contribution in [0, 0.1) is 0 Å². The number of benzene rings is 1. The SMILES string of the molecule is CCOC(=O)/C(=C/O)Cc1ccc2c(c1)OCO2. The summed E-state index contributed by atoms with van der Waals surface area (Å²) in [5, 5.41) is 9.06. The van der Waals surface area contributed by atoms with E-state index < -0.39 is 5.97 Å². The molecule has 0 aromatic heterocycles. The van der Waals surface area contributed by atoms with Crippen molar-refractivity contribution in [3.63, 3.8) is 0 Å². The summed E-state index contributed by atoms with van der Waals surface area (Å²) in [7, 11) is 0. The summed E-state index contributed by atoms with van der Waals surface area (Å²) < 4.78 is 15.3. The lowest BCUT2D eigenvalue weighted by Crippen LogP contribution is -2.10. The third-order valence-corrected chi connectivity index (χ3v) is 2.53. The van der Waals surface area contributed by atoms with Gasteiger partial charge in [-0.2, -0.15) is 0 Å². The van der Waals surface area contributed by atoms with Crippen molar-refractivity contribution in [3.05, 3.63) is 35.6 Å². The molecule has 1 N–H and O–H groups in total. The van der Waals surface area contributed by atoms with E-state index >= 15 is 0 Å². The van der Waals surface area contributed by atoms with Crippen molar-refractivity contribution in [1.82, 2.24) is 0 Å². The van der Waals surface area contributed by atoms with Gasteiger partial charge >= 0.3 is 5.97 Å². The Bertz CT molecular complexity index is 478. The fourth-order valence-corrected chi connectivity index (χ4v) is 1.67. The number of carbonyl (C=O) groups is 1. The van der Waals surface area contributed by atoms with Crippen LogP contribution in [0.3, 0.4) is 0 Å². The quantitative estimate of drug-likeness (QED) is 0.502. The summed E-state index contributed by atoms with van der Waals surface area (Å²) in [4.78, 5) is 11.5. The molecule has 1 aliphatic rings. The van der Waals surface area contributed by atoms with Gasteiger partial charge in [0.1, 0.15) is 0 Å². The van der Waals surface area contributed by atoms with Gasteiger partial charge in [0.25, 0.3) is 0 Å². The fourth-order valence-electron chi connectivity index (χ4n) is 1.67. The molecule has 0 unspecified atom stereocenters. The molecule has 0 radical (unpaired) electrons. The lowest BCUT2D eigenvalue weighted by atomic mass is 10.1. The van der Waals surface area contributed by atoms with Crippen LogP contribution in [0.15, 0.2) is 30.0 Å². The summed E-state index contributed by atoms with van der Waals surface area (Å²) in [6.45, 7) is 2.20. The topological polar surface area (TPSA) is 65.0 Å². The Morgan fingerprint density at radius 2 is 2.22 bits per heavy atom. The molecule has 1 aliphatic heterocycles. The first-order valence-electron chi connectivity index (χ1n) is 5.63. The van der Waals surface area contributed by atoms with Crippen LogP contribution in [-0.4, -0.2) is 24.5 Å². The highest BCUT2D eigenvalue weighted by atomic mass is 16.7. The molecule has 1 aromatic carbocycles. The average molecular weight is 250 g/mol. The van der Waals surface area contributed by atoms with Crippen LogP contribution in [0.5, 0.6) is 11.5 Å². The molecule has 96 valence electrons. The van der Waals surface area contributed by atoms with Gasteiger partial charge in [-0.15, -0.1) is 0 Å². The predicted octanol–water partition coefficient (Wildman–Crippen LogP) is 1.96. The zero-order valence-electron chi connectivity index (χ0n) is 10.0. The van der Waals surface area contributed by atoms with E-state index in [9.17, 15) is 4.79 Å². The van der Waals surface area contributed by atoms with Crippen LogP contribution in [-0.2, 0) is 16.0 Å². The highest BCUT2D eigenvalue weighted by Gasteiger charge is 2.16. The van der Waals surface area contributed by atoms with E-state index in [4.69, 9.17) is 19.3 Å². The Balaban J connectivity index is 2.11. The van der Waals surface area contributed by atoms with Gasteiger partial charge in [-0.3, -0.25) is 0 Å². The molecule has 1 heterocycles. The Labute approximate surface area is 105 Å². The molecule has 0 bridgehead atoms. The number of ether oxygens (including phenoxy) is 3. The van der Waals surface area contributed by atoms with Crippen molar-refractivity contribution < 1.29 is 24.1 Å². The van der Waals surface area contributed by atoms with Crippen molar-refractivity contribution in [1.29, 1.82) is 0 Å². The molecular formula is C13H14O5. The van der Waals surface area contributed by atoms with E-state index in [2.05, 4.69) is 0 Å². The number of hydrogen-bond donors (Lipinski definition) is 1. The highest BCUT2D eigenvalue weighted by Crippen LogP contribution is 2.33. The first-order valence-corrected chi connectivity index (χ1v) is 5.63. The van der Waals surface area contributed by atoms with Crippen LogP contribution in [0.4, 0.5) is 0 Å². The molecule has 0 saturated carbocycles. The lowest BCUT2D eigenvalue weighted by Gasteiger charge is -2.06. The van der Waals surface area contributed by atoms with E-state index in [0.29, 0.717) is 11.5 Å². The van der Waals surface area contributed by atoms with Gasteiger partial charge in [0, 0.05) is 6.42 Å². The zero-order valence-corrected chi connectivity index (χ0v) is 10.0. The number of rotatable bonds is 4. The smallest absolute Gasteiger partial charge is 0.337 e. The second kappa shape index (κ2) is 5.44. The first-order chi connectivity index (χ1) is 8.74. The maximum atomic E-state index is 11.5. The molecule has 1 aromatic rings. The fraction of sp³-hybridized carbons (Fsp3) is 0.308. The van der Waals surface area contributed by atoms with Crippen molar-refractivity contribution >= 4 is 5.97 Å². The molecule has 0 saturated heterocycles. The summed E-state index contributed by atoms with van der Waals surface area (Å²) in [5.74, 6) is 0.815. The minimum atomic E-state index is -0.516. The molecule has 0 spiro atoms. The zero-order chi connectivity index (χ0) is 13.0. The Morgan fingerprint density at radius 3 is 2.94 bits per heavy atom. The van der Waals surface area contributed by atoms with Gasteiger partial charge in [-0.25, -0.2) is 4.79 Å². The van der Waals surface area contributed by atoms with Gasteiger partial charge in [0.2, 0.25) is 6.79 Å². The van der Waals surface area contributed by atoms with E-state index in [0.717, 1.165) is 11.8 Å². The molecule has 0 atom stereocenters. The monoisotopic (exact) mass is 250 g/mol. The Kier molecular flexibility index (Phi) is 3.72. The standard InChI is InChI=1S/C13H14O5/c1-2-16-13(15)10(7-14)5-9-3-4-11-12(6-9)18-8-17-11/h3-4,6-7,14H,2,5,8H2,1H3/b10-7+. The number of hydrogen-bond acceptors (Lipinski definition) is 5. The molecule has 0 amide bonds. The normalized spacial score (nSPS) is 13.5. The third-order valence-electron chi connectivity index (χ3n) is 2.53. The minimum absolute atomic E-state index is 0.204. The maximum absolute atomic E-state index is 11.5. The molecule has 0 fully saturated rings. The number of esters is 1. The molecular weight excluding hydrogens is 236 g/mol. The number of carbonyl (C=O) groups excluding carboxylic acids is 1. The van der Waals surface area contributed by atoms with Crippen LogP contribution < -0.4 is 9.47 Å². The summed E-state index contributed by atoms with van der Waals surface area (Å²) in [6, 6.07) is 5.37. The Hall–Kier alpha value is -2.17. The van der Waals surface area contributed by atoms with Gasteiger partial charge < -0.3 is 19.3 Å². The van der Waals surface area contributed by atoms with Crippen molar-refractivity contribution in [2.24, 2.45) is 0 Å². The summed E-state index contributed by atoms with van der Waals surface area (Å²) >= 11 is 0. The van der Waals surface area contributed by atoms with E-state index in [-0.39, 0.29) is 25.4 Å². The van der Waals surface area contributed by atoms with Crippen LogP contribution >= 0.6 is 0 Å². The van der Waals surface area contributed by atoms with Crippen LogP contribution in [0.2, 0.25) is 0 Å². The highest BCUT2D eigenvalue weighted by molar-refractivity contribution is 5.88. The van der Waals surface area contributed by atoms with E-state index in [1.165, 1.54) is 0 Å². The lowest BCUT2D eigenvalue weighted by molar-refractivity contribution is -0.138. The number of aliphatic hydroxyl groups excluding tert-OH is 1. The maximum Gasteiger partial charge on any atom is 0.337 e. The summed E-state index contributed by atoms with van der Waals surface area (Å²) in [5.41, 5.74) is 1.04. The van der Waals surface area contributed by atoms with Crippen molar-refractivity contribution in [2.75, 3.05) is 13.4 Å². The average Bonchev–Trinajstić information content (AvgIpc) is 2.83.